The molecule has 186 valence electrons. The summed E-state index contributed by atoms with van der Waals surface area (Å²) < 4.78 is 25.6. The SMILES string of the molecule is Cc1cc(C)cc(-c2cc(S(C)(=O)=O)ccc2C(=O)Nc2ccc(Cl)c(-c3nc4ccccc4s3)c2)c1. The molecule has 37 heavy (non-hydrogen) atoms. The molecule has 5 aromatic rings. The van der Waals surface area contributed by atoms with Crippen LogP contribution >= 0.6 is 22.9 Å². The van der Waals surface area contributed by atoms with E-state index in [-0.39, 0.29) is 10.8 Å². The van der Waals surface area contributed by atoms with Crippen LogP contribution in [0.15, 0.2) is 83.8 Å². The average Bonchev–Trinajstić information content (AvgIpc) is 3.28. The molecule has 0 bridgehead atoms. The number of nitrogens with one attached hydrogen (secondary N) is 1. The first-order valence-corrected chi connectivity index (χ1v) is 14.6. The molecule has 1 N–H and O–H groups in total. The number of fused-ring (bicyclic) bond motifs is 1. The van der Waals surface area contributed by atoms with E-state index in [4.69, 9.17) is 11.6 Å². The van der Waals surface area contributed by atoms with E-state index in [2.05, 4.69) is 10.3 Å². The molecule has 1 amide bonds. The smallest absolute Gasteiger partial charge is 0.256 e. The van der Waals surface area contributed by atoms with Crippen molar-refractivity contribution in [2.75, 3.05) is 11.6 Å². The lowest BCUT2D eigenvalue weighted by Crippen LogP contribution is -2.14. The quantitative estimate of drug-likeness (QED) is 0.247. The van der Waals surface area contributed by atoms with Crippen LogP contribution in [-0.4, -0.2) is 25.6 Å². The van der Waals surface area contributed by atoms with Crippen LogP contribution in [0.1, 0.15) is 21.5 Å². The first-order chi connectivity index (χ1) is 17.6. The lowest BCUT2D eigenvalue weighted by Gasteiger charge is -2.14. The Labute approximate surface area is 224 Å². The summed E-state index contributed by atoms with van der Waals surface area (Å²) in [6.07, 6.45) is 1.16. The van der Waals surface area contributed by atoms with Crippen molar-refractivity contribution in [1.82, 2.24) is 4.98 Å². The summed E-state index contributed by atoms with van der Waals surface area (Å²) in [7, 11) is -3.46. The summed E-state index contributed by atoms with van der Waals surface area (Å²) in [6.45, 7) is 3.93. The largest absolute Gasteiger partial charge is 0.322 e. The van der Waals surface area contributed by atoms with Crippen molar-refractivity contribution < 1.29 is 13.2 Å². The summed E-state index contributed by atoms with van der Waals surface area (Å²) in [6, 6.07) is 23.6. The maximum atomic E-state index is 13.5. The number of carbonyl (C=O) groups excluding carboxylic acids is 1. The Morgan fingerprint density at radius 2 is 1.62 bits per heavy atom. The number of hydrogen-bond donors (Lipinski definition) is 1. The molecule has 1 aromatic heterocycles. The molecule has 0 aliphatic heterocycles. The van der Waals surface area contributed by atoms with Crippen LogP contribution in [0, 0.1) is 13.8 Å². The minimum Gasteiger partial charge on any atom is -0.322 e. The lowest BCUT2D eigenvalue weighted by atomic mass is 9.96. The Hall–Kier alpha value is -3.52. The highest BCUT2D eigenvalue weighted by Gasteiger charge is 2.19. The van der Waals surface area contributed by atoms with E-state index in [0.717, 1.165) is 43.7 Å². The van der Waals surface area contributed by atoms with Crippen LogP contribution in [0.5, 0.6) is 0 Å². The summed E-state index contributed by atoms with van der Waals surface area (Å²) >= 11 is 8.03. The number of carbonyl (C=O) groups is 1. The van der Waals surface area contributed by atoms with E-state index < -0.39 is 9.84 Å². The van der Waals surface area contributed by atoms with E-state index in [1.807, 2.05) is 56.3 Å². The molecule has 0 saturated heterocycles. The zero-order valence-electron chi connectivity index (χ0n) is 20.4. The van der Waals surface area contributed by atoms with Crippen LogP contribution < -0.4 is 5.32 Å². The topological polar surface area (TPSA) is 76.1 Å². The van der Waals surface area contributed by atoms with Gasteiger partial charge in [0.05, 0.1) is 20.1 Å². The lowest BCUT2D eigenvalue weighted by molar-refractivity contribution is 0.102. The van der Waals surface area contributed by atoms with Gasteiger partial charge in [0, 0.05) is 23.1 Å². The van der Waals surface area contributed by atoms with Gasteiger partial charge in [-0.2, -0.15) is 0 Å². The maximum absolute atomic E-state index is 13.5. The minimum absolute atomic E-state index is 0.155. The van der Waals surface area contributed by atoms with Gasteiger partial charge in [-0.25, -0.2) is 13.4 Å². The normalized spacial score (nSPS) is 11.6. The highest BCUT2D eigenvalue weighted by atomic mass is 35.5. The number of aromatic nitrogens is 1. The number of sulfone groups is 1. The standard InChI is InChI=1S/C29H23ClN2O3S2/c1-17-12-18(2)14-19(13-17)23-16-21(37(3,34)35)9-10-22(23)28(33)31-20-8-11-25(30)24(15-20)29-32-26-6-4-5-7-27(26)36-29/h4-16H,1-3H3,(H,31,33). The van der Waals surface area contributed by atoms with Gasteiger partial charge >= 0.3 is 0 Å². The van der Waals surface area contributed by atoms with Crippen LogP contribution in [0.4, 0.5) is 5.69 Å². The molecule has 0 spiro atoms. The molecule has 0 unspecified atom stereocenters. The Bertz CT molecular complexity index is 1740. The summed E-state index contributed by atoms with van der Waals surface area (Å²) in [5.74, 6) is -0.355. The third kappa shape index (κ3) is 5.30. The van der Waals surface area contributed by atoms with E-state index >= 15 is 0 Å². The first-order valence-electron chi connectivity index (χ1n) is 11.5. The Morgan fingerprint density at radius 3 is 2.32 bits per heavy atom. The van der Waals surface area contributed by atoms with Gasteiger partial charge in [-0.3, -0.25) is 4.79 Å². The molecule has 0 aliphatic rings. The molecule has 0 aliphatic carbocycles. The third-order valence-corrected chi connectivity index (χ3v) is 8.45. The number of benzene rings is 4. The molecular weight excluding hydrogens is 524 g/mol. The van der Waals surface area contributed by atoms with Crippen molar-refractivity contribution in [2.24, 2.45) is 0 Å². The van der Waals surface area contributed by atoms with Crippen LogP contribution in [0.2, 0.25) is 5.02 Å². The van der Waals surface area contributed by atoms with Crippen molar-refractivity contribution in [2.45, 2.75) is 18.7 Å². The van der Waals surface area contributed by atoms with E-state index in [1.165, 1.54) is 17.4 Å². The third-order valence-electron chi connectivity index (χ3n) is 5.95. The average molecular weight is 547 g/mol. The molecule has 4 aromatic carbocycles. The van der Waals surface area contributed by atoms with Gasteiger partial charge in [0.2, 0.25) is 0 Å². The van der Waals surface area contributed by atoms with Crippen molar-refractivity contribution in [3.63, 3.8) is 0 Å². The molecule has 0 fully saturated rings. The second-order valence-corrected chi connectivity index (χ2v) is 12.4. The summed E-state index contributed by atoms with van der Waals surface area (Å²) in [5.41, 5.74) is 5.90. The number of halogens is 1. The van der Waals surface area contributed by atoms with Gasteiger partial charge in [-0.05, 0) is 73.5 Å². The van der Waals surface area contributed by atoms with Crippen molar-refractivity contribution in [3.05, 3.63) is 101 Å². The van der Waals surface area contributed by atoms with Crippen LogP contribution in [0.3, 0.4) is 0 Å². The van der Waals surface area contributed by atoms with Gasteiger partial charge < -0.3 is 5.32 Å². The fraction of sp³-hybridized carbons (Fsp3) is 0.103. The predicted molar refractivity (Wildman–Crippen MR) is 152 cm³/mol. The number of amides is 1. The molecule has 0 saturated carbocycles. The predicted octanol–water partition coefficient (Wildman–Crippen LogP) is 7.56. The second-order valence-electron chi connectivity index (χ2n) is 8.99. The maximum Gasteiger partial charge on any atom is 0.256 e. The number of nitrogens with zero attached hydrogens (tertiary/aromatic N) is 1. The fourth-order valence-corrected chi connectivity index (χ4v) is 6.18. The fourth-order valence-electron chi connectivity index (χ4n) is 4.27. The number of hydrogen-bond acceptors (Lipinski definition) is 5. The zero-order valence-corrected chi connectivity index (χ0v) is 22.8. The molecule has 5 rings (SSSR count). The van der Waals surface area contributed by atoms with Crippen LogP contribution in [0.25, 0.3) is 31.9 Å². The van der Waals surface area contributed by atoms with Crippen LogP contribution in [-0.2, 0) is 9.84 Å². The summed E-state index contributed by atoms with van der Waals surface area (Å²) in [4.78, 5) is 18.4. The Balaban J connectivity index is 1.54. The monoisotopic (exact) mass is 546 g/mol. The number of anilines is 1. The van der Waals surface area contributed by atoms with Gasteiger partial charge in [-0.1, -0.05) is 53.1 Å². The molecule has 0 radical (unpaired) electrons. The van der Waals surface area contributed by atoms with Gasteiger partial charge in [0.15, 0.2) is 9.84 Å². The van der Waals surface area contributed by atoms with Crippen molar-refractivity contribution >= 4 is 54.6 Å². The molecular formula is C29H23ClN2O3S2. The van der Waals surface area contributed by atoms with Gasteiger partial charge in [0.1, 0.15) is 5.01 Å². The highest BCUT2D eigenvalue weighted by Crippen LogP contribution is 2.36. The van der Waals surface area contributed by atoms with E-state index in [9.17, 15) is 13.2 Å². The van der Waals surface area contributed by atoms with Gasteiger partial charge in [0.25, 0.3) is 5.91 Å². The highest BCUT2D eigenvalue weighted by molar-refractivity contribution is 7.90. The molecule has 1 heterocycles. The Morgan fingerprint density at radius 1 is 0.892 bits per heavy atom. The number of para-hydroxylation sites is 1. The van der Waals surface area contributed by atoms with Crippen molar-refractivity contribution in [1.29, 1.82) is 0 Å². The van der Waals surface area contributed by atoms with Gasteiger partial charge in [-0.15, -0.1) is 11.3 Å². The number of rotatable bonds is 5. The number of thiazole rings is 1. The van der Waals surface area contributed by atoms with E-state index in [1.54, 1.807) is 30.3 Å². The second kappa shape index (κ2) is 9.74. The Kier molecular flexibility index (Phi) is 6.62. The first kappa shape index (κ1) is 25.1. The minimum atomic E-state index is -3.46. The molecule has 5 nitrogen and oxygen atoms in total. The molecule has 8 heteroatoms. The van der Waals surface area contributed by atoms with E-state index in [0.29, 0.717) is 21.8 Å². The number of aryl methyl sites for hydroxylation is 2. The zero-order chi connectivity index (χ0) is 26.3. The van der Waals surface area contributed by atoms with Crippen molar-refractivity contribution in [3.8, 4) is 21.7 Å². The summed E-state index contributed by atoms with van der Waals surface area (Å²) in [5, 5.41) is 4.25. The molecule has 0 atom stereocenters.